The molecule has 1 heterocycles. The molecule has 2 nitrogen and oxygen atoms in total. The van der Waals surface area contributed by atoms with Crippen LogP contribution in [-0.2, 0) is 6.54 Å². The number of pyridine rings is 1. The summed E-state index contributed by atoms with van der Waals surface area (Å²) in [5.74, 6) is 0. The highest BCUT2D eigenvalue weighted by molar-refractivity contribution is 5.85. The van der Waals surface area contributed by atoms with Gasteiger partial charge >= 0.3 is 0 Å². The smallest absolute Gasteiger partial charge is 0.0346 e. The van der Waals surface area contributed by atoms with E-state index in [4.69, 9.17) is 0 Å². The van der Waals surface area contributed by atoms with Crippen LogP contribution in [0.5, 0.6) is 0 Å². The van der Waals surface area contributed by atoms with Crippen LogP contribution >= 0.6 is 12.4 Å². The van der Waals surface area contributed by atoms with E-state index in [0.29, 0.717) is 6.04 Å². The minimum absolute atomic E-state index is 0. The molecule has 3 heteroatoms. The van der Waals surface area contributed by atoms with Crippen molar-refractivity contribution in [1.82, 2.24) is 9.88 Å². The molecule has 1 atom stereocenters. The number of rotatable bonds is 9. The fourth-order valence-electron chi connectivity index (χ4n) is 3.09. The van der Waals surface area contributed by atoms with E-state index < -0.39 is 0 Å². The third kappa shape index (κ3) is 6.12. The Morgan fingerprint density at radius 1 is 1.04 bits per heavy atom. The molecule has 0 aliphatic heterocycles. The number of nitrogens with zero attached hydrogens (tertiary/aromatic N) is 2. The van der Waals surface area contributed by atoms with Gasteiger partial charge in [-0.05, 0) is 43.0 Å². The molecule has 0 saturated heterocycles. The predicted molar refractivity (Wildman–Crippen MR) is 103 cm³/mol. The van der Waals surface area contributed by atoms with Gasteiger partial charge in [0, 0.05) is 30.4 Å². The molecule has 2 rings (SSSR count). The summed E-state index contributed by atoms with van der Waals surface area (Å²) >= 11 is 0. The monoisotopic (exact) mass is 334 g/mol. The van der Waals surface area contributed by atoms with Crippen molar-refractivity contribution in [2.75, 3.05) is 6.54 Å². The fraction of sp³-hybridized carbons (Fsp3) is 0.550. The Balaban J connectivity index is 0.00000264. The van der Waals surface area contributed by atoms with E-state index in [2.05, 4.69) is 54.9 Å². The summed E-state index contributed by atoms with van der Waals surface area (Å²) in [5, 5.41) is 2.51. The molecular formula is C20H31ClN2. The molecule has 2 aromatic rings. The van der Waals surface area contributed by atoms with Gasteiger partial charge in [0.15, 0.2) is 0 Å². The number of hydrogen-bond acceptors (Lipinski definition) is 2. The first kappa shape index (κ1) is 19.9. The molecule has 0 fully saturated rings. The second-order valence-corrected chi connectivity index (χ2v) is 6.32. The first-order valence-corrected chi connectivity index (χ1v) is 8.81. The zero-order valence-electron chi connectivity index (χ0n) is 14.8. The Labute approximate surface area is 147 Å². The van der Waals surface area contributed by atoms with Crippen LogP contribution in [-0.4, -0.2) is 22.5 Å². The Morgan fingerprint density at radius 3 is 2.61 bits per heavy atom. The van der Waals surface area contributed by atoms with E-state index in [0.717, 1.165) is 13.1 Å². The normalized spacial score (nSPS) is 12.3. The lowest BCUT2D eigenvalue weighted by molar-refractivity contribution is 0.197. The molecule has 128 valence electrons. The molecule has 23 heavy (non-hydrogen) atoms. The van der Waals surface area contributed by atoms with Crippen molar-refractivity contribution >= 4 is 23.2 Å². The van der Waals surface area contributed by atoms with E-state index in [1.165, 1.54) is 48.4 Å². The van der Waals surface area contributed by atoms with Crippen LogP contribution in [0, 0.1) is 0 Å². The van der Waals surface area contributed by atoms with E-state index in [1.807, 2.05) is 12.4 Å². The van der Waals surface area contributed by atoms with Crippen molar-refractivity contribution in [3.8, 4) is 0 Å². The molecule has 1 aromatic carbocycles. The number of halogens is 1. The summed E-state index contributed by atoms with van der Waals surface area (Å²) < 4.78 is 0. The minimum atomic E-state index is 0. The topological polar surface area (TPSA) is 16.1 Å². The quantitative estimate of drug-likeness (QED) is 0.536. The zero-order chi connectivity index (χ0) is 15.8. The van der Waals surface area contributed by atoms with Gasteiger partial charge in [-0.2, -0.15) is 0 Å². The van der Waals surface area contributed by atoms with Crippen molar-refractivity contribution in [2.45, 2.75) is 65.5 Å². The molecule has 0 unspecified atom stereocenters. The van der Waals surface area contributed by atoms with E-state index in [9.17, 15) is 0 Å². The van der Waals surface area contributed by atoms with Crippen LogP contribution < -0.4 is 0 Å². The summed E-state index contributed by atoms with van der Waals surface area (Å²) in [5.41, 5.74) is 1.40. The molecule has 0 saturated carbocycles. The summed E-state index contributed by atoms with van der Waals surface area (Å²) in [6.07, 6.45) is 10.5. The van der Waals surface area contributed by atoms with Crippen molar-refractivity contribution in [2.24, 2.45) is 0 Å². The molecule has 0 bridgehead atoms. The van der Waals surface area contributed by atoms with Gasteiger partial charge in [-0.15, -0.1) is 12.4 Å². The third-order valence-corrected chi connectivity index (χ3v) is 4.60. The molecular weight excluding hydrogens is 304 g/mol. The SMILES string of the molecule is CCCCCC[C@@H](C)N(CC)Cc1ccc2cnccc2c1.Cl. The highest BCUT2D eigenvalue weighted by Crippen LogP contribution is 2.18. The Morgan fingerprint density at radius 2 is 1.87 bits per heavy atom. The van der Waals surface area contributed by atoms with Crippen molar-refractivity contribution < 1.29 is 0 Å². The second kappa shape index (κ2) is 10.6. The molecule has 0 aliphatic carbocycles. The maximum Gasteiger partial charge on any atom is 0.0346 e. The standard InChI is InChI=1S/C20H30N2.ClH/c1-4-6-7-8-9-17(3)22(5-2)16-18-10-11-20-15-21-13-12-19(20)14-18;/h10-15,17H,4-9,16H2,1-3H3;1H/t17-;/m1./s1. The molecule has 0 spiro atoms. The second-order valence-electron chi connectivity index (χ2n) is 6.32. The largest absolute Gasteiger partial charge is 0.297 e. The van der Waals surface area contributed by atoms with Crippen LogP contribution in [0.2, 0.25) is 0 Å². The Hall–Kier alpha value is -1.12. The minimum Gasteiger partial charge on any atom is -0.297 e. The van der Waals surface area contributed by atoms with Crippen molar-refractivity contribution in [1.29, 1.82) is 0 Å². The number of aromatic nitrogens is 1. The van der Waals surface area contributed by atoms with Crippen molar-refractivity contribution in [3.05, 3.63) is 42.2 Å². The van der Waals surface area contributed by atoms with Crippen molar-refractivity contribution in [3.63, 3.8) is 0 Å². The van der Waals surface area contributed by atoms with Gasteiger partial charge < -0.3 is 0 Å². The number of unbranched alkanes of at least 4 members (excludes halogenated alkanes) is 3. The van der Waals surface area contributed by atoms with Gasteiger partial charge in [-0.25, -0.2) is 0 Å². The molecule has 1 aromatic heterocycles. The van der Waals surface area contributed by atoms with Gasteiger partial charge in [0.1, 0.15) is 0 Å². The molecule has 0 N–H and O–H groups in total. The van der Waals surface area contributed by atoms with E-state index in [1.54, 1.807) is 0 Å². The lowest BCUT2D eigenvalue weighted by Gasteiger charge is -2.28. The van der Waals surface area contributed by atoms with Crippen LogP contribution in [0.1, 0.15) is 58.4 Å². The lowest BCUT2D eigenvalue weighted by atomic mass is 10.1. The van der Waals surface area contributed by atoms with Crippen LogP contribution in [0.4, 0.5) is 0 Å². The predicted octanol–water partition coefficient (Wildman–Crippen LogP) is 5.84. The van der Waals surface area contributed by atoms with Crippen LogP contribution in [0.3, 0.4) is 0 Å². The number of hydrogen-bond donors (Lipinski definition) is 0. The van der Waals surface area contributed by atoms with E-state index >= 15 is 0 Å². The molecule has 0 amide bonds. The highest BCUT2D eigenvalue weighted by atomic mass is 35.5. The maximum atomic E-state index is 4.19. The summed E-state index contributed by atoms with van der Waals surface area (Å²) in [7, 11) is 0. The van der Waals surface area contributed by atoms with Gasteiger partial charge in [0.25, 0.3) is 0 Å². The van der Waals surface area contributed by atoms with Gasteiger partial charge in [0.2, 0.25) is 0 Å². The fourth-order valence-corrected chi connectivity index (χ4v) is 3.09. The zero-order valence-corrected chi connectivity index (χ0v) is 15.6. The number of fused-ring (bicyclic) bond motifs is 1. The van der Waals surface area contributed by atoms with Crippen LogP contribution in [0.15, 0.2) is 36.7 Å². The van der Waals surface area contributed by atoms with Crippen LogP contribution in [0.25, 0.3) is 10.8 Å². The number of benzene rings is 1. The summed E-state index contributed by atoms with van der Waals surface area (Å²) in [4.78, 5) is 6.78. The average molecular weight is 335 g/mol. The Bertz CT molecular complexity index is 570. The Kier molecular flexibility index (Phi) is 9.20. The average Bonchev–Trinajstić information content (AvgIpc) is 2.56. The van der Waals surface area contributed by atoms with Gasteiger partial charge in [-0.3, -0.25) is 9.88 Å². The maximum absolute atomic E-state index is 4.19. The molecule has 0 aliphatic rings. The first-order chi connectivity index (χ1) is 10.7. The summed E-state index contributed by atoms with van der Waals surface area (Å²) in [6.45, 7) is 9.08. The highest BCUT2D eigenvalue weighted by Gasteiger charge is 2.12. The van der Waals surface area contributed by atoms with Gasteiger partial charge in [0.05, 0.1) is 0 Å². The van der Waals surface area contributed by atoms with Gasteiger partial charge in [-0.1, -0.05) is 51.7 Å². The molecule has 0 radical (unpaired) electrons. The first-order valence-electron chi connectivity index (χ1n) is 8.81. The third-order valence-electron chi connectivity index (χ3n) is 4.60. The van der Waals surface area contributed by atoms with E-state index in [-0.39, 0.29) is 12.4 Å². The summed E-state index contributed by atoms with van der Waals surface area (Å²) in [6, 6.07) is 9.51. The lowest BCUT2D eigenvalue weighted by Crippen LogP contribution is -2.32.